The van der Waals surface area contributed by atoms with Gasteiger partial charge in [-0.2, -0.15) is 0 Å². The average Bonchev–Trinajstić information content (AvgIpc) is 2.41. The number of pyridine rings is 1. The molecule has 2 rings (SSSR count). The molecule has 0 amide bonds. The molecule has 0 unspecified atom stereocenters. The molecule has 1 aliphatic heterocycles. The predicted octanol–water partition coefficient (Wildman–Crippen LogP) is 2.82. The summed E-state index contributed by atoms with van der Waals surface area (Å²) in [7, 11) is 1.99. The number of piperidine rings is 1. The third-order valence-electron chi connectivity index (χ3n) is 4.42. The quantitative estimate of drug-likeness (QED) is 0.887. The van der Waals surface area contributed by atoms with Crippen LogP contribution in [0.5, 0.6) is 0 Å². The van der Waals surface area contributed by atoms with Crippen LogP contribution in [0.1, 0.15) is 38.7 Å². The van der Waals surface area contributed by atoms with Crippen LogP contribution in [0.25, 0.3) is 0 Å². The van der Waals surface area contributed by atoms with Gasteiger partial charge in [-0.1, -0.05) is 20.3 Å². The summed E-state index contributed by atoms with van der Waals surface area (Å²) in [5.74, 6) is 0. The van der Waals surface area contributed by atoms with E-state index in [1.54, 1.807) is 0 Å². The van der Waals surface area contributed by atoms with Gasteiger partial charge in [-0.15, -0.1) is 0 Å². The van der Waals surface area contributed by atoms with Crippen molar-refractivity contribution in [3.05, 3.63) is 24.0 Å². The number of nitrogens with zero attached hydrogens (tertiary/aromatic N) is 2. The molecule has 0 bridgehead atoms. The van der Waals surface area contributed by atoms with E-state index in [0.717, 1.165) is 19.6 Å². The number of nitrogens with one attached hydrogen (secondary N) is 1. The Bertz CT molecular complexity index is 381. The molecule has 3 nitrogen and oxygen atoms in total. The molecule has 0 aliphatic carbocycles. The van der Waals surface area contributed by atoms with Gasteiger partial charge >= 0.3 is 0 Å². The van der Waals surface area contributed by atoms with Crippen molar-refractivity contribution in [3.63, 3.8) is 0 Å². The minimum absolute atomic E-state index is 0.544. The van der Waals surface area contributed by atoms with Crippen LogP contribution in [0.3, 0.4) is 0 Å². The first-order chi connectivity index (χ1) is 8.68. The molecule has 1 aromatic heterocycles. The third kappa shape index (κ3) is 2.83. The molecule has 18 heavy (non-hydrogen) atoms. The Kier molecular flexibility index (Phi) is 4.23. The molecule has 0 aromatic carbocycles. The first kappa shape index (κ1) is 13.3. The zero-order valence-electron chi connectivity index (χ0n) is 11.9. The zero-order valence-corrected chi connectivity index (χ0v) is 11.9. The molecule has 0 spiro atoms. The van der Waals surface area contributed by atoms with Crippen molar-refractivity contribution in [3.8, 4) is 0 Å². The van der Waals surface area contributed by atoms with Gasteiger partial charge in [0.15, 0.2) is 0 Å². The minimum atomic E-state index is 0.544. The molecular weight excluding hydrogens is 222 g/mol. The van der Waals surface area contributed by atoms with Crippen molar-refractivity contribution in [2.24, 2.45) is 5.41 Å². The summed E-state index contributed by atoms with van der Waals surface area (Å²) >= 11 is 0. The maximum atomic E-state index is 4.29. The Labute approximate surface area is 111 Å². The van der Waals surface area contributed by atoms with Crippen molar-refractivity contribution in [2.75, 3.05) is 25.0 Å². The van der Waals surface area contributed by atoms with Crippen molar-refractivity contribution in [2.45, 2.75) is 39.7 Å². The van der Waals surface area contributed by atoms with Crippen molar-refractivity contribution in [1.82, 2.24) is 10.3 Å². The second-order valence-corrected chi connectivity index (χ2v) is 5.69. The fraction of sp³-hybridized carbons (Fsp3) is 0.667. The van der Waals surface area contributed by atoms with Crippen molar-refractivity contribution < 1.29 is 0 Å². The fourth-order valence-corrected chi connectivity index (χ4v) is 2.68. The van der Waals surface area contributed by atoms with E-state index in [0.29, 0.717) is 5.41 Å². The Morgan fingerprint density at radius 2 is 2.11 bits per heavy atom. The largest absolute Gasteiger partial charge is 0.370 e. The molecular formula is C15H25N3. The van der Waals surface area contributed by atoms with Crippen LogP contribution in [-0.4, -0.2) is 25.1 Å². The van der Waals surface area contributed by atoms with E-state index >= 15 is 0 Å². The lowest BCUT2D eigenvalue weighted by Crippen LogP contribution is -2.39. The number of rotatable bonds is 4. The van der Waals surface area contributed by atoms with E-state index in [9.17, 15) is 0 Å². The van der Waals surface area contributed by atoms with E-state index in [2.05, 4.69) is 35.1 Å². The van der Waals surface area contributed by atoms with E-state index in [4.69, 9.17) is 0 Å². The van der Waals surface area contributed by atoms with Gasteiger partial charge in [-0.25, -0.2) is 0 Å². The summed E-state index contributed by atoms with van der Waals surface area (Å²) in [6.45, 7) is 7.97. The topological polar surface area (TPSA) is 28.2 Å². The lowest BCUT2D eigenvalue weighted by atomic mass is 9.78. The van der Waals surface area contributed by atoms with Crippen LogP contribution in [0.15, 0.2) is 18.5 Å². The van der Waals surface area contributed by atoms with E-state index in [1.807, 2.05) is 19.4 Å². The summed E-state index contributed by atoms with van der Waals surface area (Å²) in [5.41, 5.74) is 3.21. The van der Waals surface area contributed by atoms with Gasteiger partial charge < -0.3 is 10.2 Å². The smallest absolute Gasteiger partial charge is 0.0598 e. The van der Waals surface area contributed by atoms with Crippen molar-refractivity contribution in [1.29, 1.82) is 0 Å². The lowest BCUT2D eigenvalue weighted by molar-refractivity contribution is 0.238. The maximum absolute atomic E-state index is 4.29. The molecule has 1 saturated heterocycles. The summed E-state index contributed by atoms with van der Waals surface area (Å²) in [5, 5.41) is 3.24. The Balaban J connectivity index is 2.09. The highest BCUT2D eigenvalue weighted by atomic mass is 15.1. The van der Waals surface area contributed by atoms with Crippen LogP contribution in [0.4, 0.5) is 5.69 Å². The molecule has 0 radical (unpaired) electrons. The SMILES string of the molecule is CCC1(C)CCN(c2cnccc2CNC)CC1. The number of hydrogen-bond acceptors (Lipinski definition) is 3. The molecule has 0 atom stereocenters. The van der Waals surface area contributed by atoms with Crippen LogP contribution >= 0.6 is 0 Å². The van der Waals surface area contributed by atoms with Gasteiger partial charge in [0.1, 0.15) is 0 Å². The van der Waals surface area contributed by atoms with Gasteiger partial charge in [0, 0.05) is 25.8 Å². The first-order valence-corrected chi connectivity index (χ1v) is 7.01. The second-order valence-electron chi connectivity index (χ2n) is 5.69. The van der Waals surface area contributed by atoms with E-state index in [1.165, 1.54) is 30.5 Å². The number of anilines is 1. The Morgan fingerprint density at radius 1 is 1.39 bits per heavy atom. The highest BCUT2D eigenvalue weighted by Gasteiger charge is 2.28. The molecule has 1 aromatic rings. The number of aromatic nitrogens is 1. The van der Waals surface area contributed by atoms with Crippen LogP contribution in [0, 0.1) is 5.41 Å². The van der Waals surface area contributed by atoms with Gasteiger partial charge in [0.2, 0.25) is 0 Å². The van der Waals surface area contributed by atoms with Gasteiger partial charge in [0.05, 0.1) is 11.9 Å². The van der Waals surface area contributed by atoms with E-state index in [-0.39, 0.29) is 0 Å². The summed E-state index contributed by atoms with van der Waals surface area (Å²) in [4.78, 5) is 6.79. The van der Waals surface area contributed by atoms with Gasteiger partial charge in [-0.3, -0.25) is 4.98 Å². The third-order valence-corrected chi connectivity index (χ3v) is 4.42. The van der Waals surface area contributed by atoms with Gasteiger partial charge in [-0.05, 0) is 36.9 Å². The zero-order chi connectivity index (χ0) is 13.0. The molecule has 2 heterocycles. The predicted molar refractivity (Wildman–Crippen MR) is 76.8 cm³/mol. The molecule has 3 heteroatoms. The van der Waals surface area contributed by atoms with Crippen LogP contribution < -0.4 is 10.2 Å². The minimum Gasteiger partial charge on any atom is -0.370 e. The molecule has 1 N–H and O–H groups in total. The van der Waals surface area contributed by atoms with Crippen LogP contribution in [-0.2, 0) is 6.54 Å². The summed E-state index contributed by atoms with van der Waals surface area (Å²) in [6, 6.07) is 2.12. The fourth-order valence-electron chi connectivity index (χ4n) is 2.68. The highest BCUT2D eigenvalue weighted by Crippen LogP contribution is 2.36. The molecule has 1 fully saturated rings. The Hall–Kier alpha value is -1.09. The van der Waals surface area contributed by atoms with Gasteiger partial charge in [0.25, 0.3) is 0 Å². The normalized spacial score (nSPS) is 18.9. The summed E-state index contributed by atoms with van der Waals surface area (Å²) in [6.07, 6.45) is 7.77. The molecule has 0 saturated carbocycles. The van der Waals surface area contributed by atoms with Crippen molar-refractivity contribution >= 4 is 5.69 Å². The van der Waals surface area contributed by atoms with Crippen LogP contribution in [0.2, 0.25) is 0 Å². The monoisotopic (exact) mass is 247 g/mol. The molecule has 1 aliphatic rings. The maximum Gasteiger partial charge on any atom is 0.0598 e. The number of hydrogen-bond donors (Lipinski definition) is 1. The second kappa shape index (κ2) is 5.70. The Morgan fingerprint density at radius 3 is 2.72 bits per heavy atom. The lowest BCUT2D eigenvalue weighted by Gasteiger charge is -2.40. The molecule has 100 valence electrons. The van der Waals surface area contributed by atoms with E-state index < -0.39 is 0 Å². The first-order valence-electron chi connectivity index (χ1n) is 7.01. The summed E-state index contributed by atoms with van der Waals surface area (Å²) < 4.78 is 0. The average molecular weight is 247 g/mol. The highest BCUT2D eigenvalue weighted by molar-refractivity contribution is 5.52. The standard InChI is InChI=1S/C15H25N3/c1-4-15(2)6-9-18(10-7-15)14-12-17-8-5-13(14)11-16-3/h5,8,12,16H,4,6-7,9-11H2,1-3H3.